The molecule has 0 saturated carbocycles. The first-order valence-corrected chi connectivity index (χ1v) is 5.59. The van der Waals surface area contributed by atoms with E-state index in [-0.39, 0.29) is 0 Å². The van der Waals surface area contributed by atoms with Crippen LogP contribution in [0.15, 0.2) is 29.1 Å². The first kappa shape index (κ1) is 11.0. The quantitative estimate of drug-likeness (QED) is 0.838. The molecule has 2 heterocycles. The molecule has 4 nitrogen and oxygen atoms in total. The monoisotopic (exact) mass is 219 g/mol. The van der Waals surface area contributed by atoms with Gasteiger partial charge in [-0.15, -0.1) is 0 Å². The molecule has 0 aliphatic heterocycles. The minimum Gasteiger partial charge on any atom is -0.467 e. The Morgan fingerprint density at radius 1 is 1.50 bits per heavy atom. The fraction of sp³-hybridized carbons (Fsp3) is 0.417. The molecule has 0 spiro atoms. The van der Waals surface area contributed by atoms with Gasteiger partial charge in [-0.2, -0.15) is 0 Å². The van der Waals surface area contributed by atoms with Crippen molar-refractivity contribution in [2.45, 2.75) is 26.4 Å². The van der Waals surface area contributed by atoms with Crippen molar-refractivity contribution in [3.05, 3.63) is 30.5 Å². The molecule has 0 saturated heterocycles. The highest BCUT2D eigenvalue weighted by Crippen LogP contribution is 2.23. The number of rotatable bonds is 5. The van der Waals surface area contributed by atoms with Gasteiger partial charge in [0, 0.05) is 18.9 Å². The third kappa shape index (κ3) is 2.02. The molecular formula is C12H17N3O. The molecule has 0 bridgehead atoms. The zero-order valence-corrected chi connectivity index (χ0v) is 9.73. The minimum absolute atomic E-state index is 0.724. The van der Waals surface area contributed by atoms with Crippen molar-refractivity contribution in [3.63, 3.8) is 0 Å². The van der Waals surface area contributed by atoms with Gasteiger partial charge in [0.2, 0.25) is 0 Å². The van der Waals surface area contributed by atoms with Crippen molar-refractivity contribution < 1.29 is 4.42 Å². The Morgan fingerprint density at radius 2 is 2.38 bits per heavy atom. The lowest BCUT2D eigenvalue weighted by molar-refractivity contribution is 0.496. The van der Waals surface area contributed by atoms with Gasteiger partial charge in [0.05, 0.1) is 18.4 Å². The predicted octanol–water partition coefficient (Wildman–Crippen LogP) is 2.27. The Hall–Kier alpha value is -1.55. The Labute approximate surface area is 95.3 Å². The first-order chi connectivity index (χ1) is 7.86. The number of hydrogen-bond donors (Lipinski definition) is 1. The number of nitrogens with one attached hydrogen (secondary N) is 1. The fourth-order valence-corrected chi connectivity index (χ4v) is 1.81. The van der Waals surface area contributed by atoms with Crippen molar-refractivity contribution in [2.75, 3.05) is 7.05 Å². The van der Waals surface area contributed by atoms with Crippen LogP contribution in [0.3, 0.4) is 0 Å². The van der Waals surface area contributed by atoms with E-state index in [4.69, 9.17) is 4.42 Å². The smallest absolute Gasteiger partial charge is 0.143 e. The van der Waals surface area contributed by atoms with E-state index in [0.717, 1.165) is 36.7 Å². The van der Waals surface area contributed by atoms with Gasteiger partial charge in [0.1, 0.15) is 11.6 Å². The second kappa shape index (κ2) is 4.99. The molecule has 0 unspecified atom stereocenters. The number of hydrogen-bond acceptors (Lipinski definition) is 3. The van der Waals surface area contributed by atoms with E-state index in [9.17, 15) is 0 Å². The minimum atomic E-state index is 0.724. The van der Waals surface area contributed by atoms with Gasteiger partial charge in [-0.05, 0) is 19.5 Å². The summed E-state index contributed by atoms with van der Waals surface area (Å²) < 4.78 is 7.60. The van der Waals surface area contributed by atoms with Crippen LogP contribution in [0.5, 0.6) is 0 Å². The summed E-state index contributed by atoms with van der Waals surface area (Å²) >= 11 is 0. The van der Waals surface area contributed by atoms with E-state index in [2.05, 4.69) is 21.8 Å². The molecular weight excluding hydrogens is 202 g/mol. The van der Waals surface area contributed by atoms with Crippen LogP contribution in [-0.2, 0) is 13.1 Å². The van der Waals surface area contributed by atoms with Gasteiger partial charge < -0.3 is 14.3 Å². The van der Waals surface area contributed by atoms with Crippen LogP contribution < -0.4 is 5.32 Å². The van der Waals surface area contributed by atoms with Gasteiger partial charge >= 0.3 is 0 Å². The maximum atomic E-state index is 5.45. The predicted molar refractivity (Wildman–Crippen MR) is 63.0 cm³/mol. The van der Waals surface area contributed by atoms with Crippen LogP contribution in [0, 0.1) is 0 Å². The Morgan fingerprint density at radius 3 is 3.12 bits per heavy atom. The van der Waals surface area contributed by atoms with Gasteiger partial charge in [0.15, 0.2) is 0 Å². The molecule has 2 aromatic rings. The van der Waals surface area contributed by atoms with Crippen LogP contribution in [0.2, 0.25) is 0 Å². The summed E-state index contributed by atoms with van der Waals surface area (Å²) in [5.41, 5.74) is 1.08. The lowest BCUT2D eigenvalue weighted by atomic mass is 10.2. The van der Waals surface area contributed by atoms with Crippen LogP contribution in [0.4, 0.5) is 0 Å². The molecule has 86 valence electrons. The van der Waals surface area contributed by atoms with Crippen molar-refractivity contribution in [2.24, 2.45) is 0 Å². The Kier molecular flexibility index (Phi) is 3.41. The standard InChI is InChI=1S/C12H17N3O/c1-3-6-15-7-5-14-12(15)10-4-8-16-11(10)9-13-2/h4-5,7-8,13H,3,6,9H2,1-2H3. The van der Waals surface area contributed by atoms with Gasteiger partial charge in [-0.25, -0.2) is 4.98 Å². The molecule has 1 N–H and O–H groups in total. The highest BCUT2D eigenvalue weighted by atomic mass is 16.3. The van der Waals surface area contributed by atoms with E-state index >= 15 is 0 Å². The third-order valence-electron chi connectivity index (χ3n) is 2.50. The molecule has 0 amide bonds. The molecule has 0 aliphatic rings. The largest absolute Gasteiger partial charge is 0.467 e. The Balaban J connectivity index is 2.34. The molecule has 2 aromatic heterocycles. The molecule has 2 rings (SSSR count). The molecule has 0 aliphatic carbocycles. The second-order valence-corrected chi connectivity index (χ2v) is 3.73. The van der Waals surface area contributed by atoms with Gasteiger partial charge in [-0.1, -0.05) is 6.92 Å². The number of furan rings is 1. The van der Waals surface area contributed by atoms with E-state index in [1.54, 1.807) is 6.26 Å². The number of aromatic nitrogens is 2. The van der Waals surface area contributed by atoms with Gasteiger partial charge in [-0.3, -0.25) is 0 Å². The molecule has 0 fully saturated rings. The topological polar surface area (TPSA) is 43.0 Å². The second-order valence-electron chi connectivity index (χ2n) is 3.73. The summed E-state index contributed by atoms with van der Waals surface area (Å²) in [6.07, 6.45) is 6.66. The molecule has 16 heavy (non-hydrogen) atoms. The molecule has 0 atom stereocenters. The lowest BCUT2D eigenvalue weighted by Gasteiger charge is -2.06. The van der Waals surface area contributed by atoms with E-state index < -0.39 is 0 Å². The SMILES string of the molecule is CCCn1ccnc1-c1ccoc1CNC. The number of nitrogens with zero attached hydrogens (tertiary/aromatic N) is 2. The summed E-state index contributed by atoms with van der Waals surface area (Å²) in [7, 11) is 1.91. The third-order valence-corrected chi connectivity index (χ3v) is 2.50. The first-order valence-electron chi connectivity index (χ1n) is 5.59. The Bertz CT molecular complexity index is 402. The maximum Gasteiger partial charge on any atom is 0.143 e. The van der Waals surface area contributed by atoms with Crippen LogP contribution >= 0.6 is 0 Å². The lowest BCUT2D eigenvalue weighted by Crippen LogP contribution is -2.06. The summed E-state index contributed by atoms with van der Waals surface area (Å²) in [5.74, 6) is 1.92. The molecule has 0 radical (unpaired) electrons. The van der Waals surface area contributed by atoms with Crippen LogP contribution in [0.1, 0.15) is 19.1 Å². The number of imidazole rings is 1. The van der Waals surface area contributed by atoms with E-state index in [0.29, 0.717) is 0 Å². The van der Waals surface area contributed by atoms with E-state index in [1.165, 1.54) is 0 Å². The summed E-state index contributed by atoms with van der Waals surface area (Å²) in [4.78, 5) is 4.40. The summed E-state index contributed by atoms with van der Waals surface area (Å²) in [5, 5.41) is 3.09. The highest BCUT2D eigenvalue weighted by Gasteiger charge is 2.12. The normalized spacial score (nSPS) is 10.9. The fourth-order valence-electron chi connectivity index (χ4n) is 1.81. The van der Waals surface area contributed by atoms with Crippen molar-refractivity contribution in [1.82, 2.24) is 14.9 Å². The zero-order valence-electron chi connectivity index (χ0n) is 9.73. The summed E-state index contributed by atoms with van der Waals surface area (Å²) in [6, 6.07) is 1.97. The van der Waals surface area contributed by atoms with Crippen molar-refractivity contribution in [3.8, 4) is 11.4 Å². The van der Waals surface area contributed by atoms with E-state index in [1.807, 2.05) is 25.5 Å². The zero-order chi connectivity index (χ0) is 11.4. The van der Waals surface area contributed by atoms with Crippen LogP contribution in [-0.4, -0.2) is 16.6 Å². The average Bonchev–Trinajstić information content (AvgIpc) is 2.87. The van der Waals surface area contributed by atoms with Gasteiger partial charge in [0.25, 0.3) is 0 Å². The molecule has 4 heteroatoms. The highest BCUT2D eigenvalue weighted by molar-refractivity contribution is 5.57. The average molecular weight is 219 g/mol. The summed E-state index contributed by atoms with van der Waals surface area (Å²) in [6.45, 7) is 3.87. The molecule has 0 aromatic carbocycles. The number of aryl methyl sites for hydroxylation is 1. The van der Waals surface area contributed by atoms with Crippen molar-refractivity contribution in [1.29, 1.82) is 0 Å². The van der Waals surface area contributed by atoms with Crippen LogP contribution in [0.25, 0.3) is 11.4 Å². The maximum absolute atomic E-state index is 5.45. The van der Waals surface area contributed by atoms with Crippen molar-refractivity contribution >= 4 is 0 Å².